The third-order valence-electron chi connectivity index (χ3n) is 4.25. The molecule has 0 N–H and O–H groups in total. The number of halogens is 1. The summed E-state index contributed by atoms with van der Waals surface area (Å²) in [6.45, 7) is 2.05. The van der Waals surface area contributed by atoms with Crippen LogP contribution in [0, 0.1) is 6.92 Å². The standard InChI is InChI=1S/C17H16ClN3/c1-11-16(12-6-8-14(18)9-7-12)17-19-10-13-4-2-3-5-15(13)21(17)20-11/h6-10H,2-5H2,1H3. The summed E-state index contributed by atoms with van der Waals surface area (Å²) in [6, 6.07) is 7.90. The Kier molecular flexibility index (Phi) is 2.96. The van der Waals surface area contributed by atoms with Crippen molar-refractivity contribution >= 4 is 17.2 Å². The van der Waals surface area contributed by atoms with Crippen LogP contribution >= 0.6 is 11.6 Å². The van der Waals surface area contributed by atoms with Gasteiger partial charge < -0.3 is 0 Å². The molecule has 4 rings (SSSR count). The number of hydrogen-bond donors (Lipinski definition) is 0. The molecule has 0 saturated heterocycles. The smallest absolute Gasteiger partial charge is 0.163 e. The molecule has 0 spiro atoms. The van der Waals surface area contributed by atoms with Crippen LogP contribution in [0.5, 0.6) is 0 Å². The van der Waals surface area contributed by atoms with Crippen LogP contribution in [0.1, 0.15) is 29.8 Å². The largest absolute Gasteiger partial charge is 0.236 e. The van der Waals surface area contributed by atoms with E-state index in [4.69, 9.17) is 16.7 Å². The lowest BCUT2D eigenvalue weighted by atomic mass is 9.97. The van der Waals surface area contributed by atoms with Crippen LogP contribution in [0.3, 0.4) is 0 Å². The minimum absolute atomic E-state index is 0.748. The van der Waals surface area contributed by atoms with Gasteiger partial charge in [0, 0.05) is 22.5 Å². The van der Waals surface area contributed by atoms with Crippen molar-refractivity contribution in [1.82, 2.24) is 14.6 Å². The summed E-state index contributed by atoms with van der Waals surface area (Å²) in [5.74, 6) is 0. The lowest BCUT2D eigenvalue weighted by Crippen LogP contribution is -2.10. The zero-order valence-corrected chi connectivity index (χ0v) is 12.7. The minimum atomic E-state index is 0.748. The molecule has 4 heteroatoms. The maximum absolute atomic E-state index is 5.99. The normalized spacial score (nSPS) is 14.4. The highest BCUT2D eigenvalue weighted by Gasteiger charge is 2.19. The van der Waals surface area contributed by atoms with Crippen molar-refractivity contribution in [2.24, 2.45) is 0 Å². The molecule has 0 aliphatic heterocycles. The molecular formula is C17H16ClN3. The van der Waals surface area contributed by atoms with Crippen molar-refractivity contribution in [1.29, 1.82) is 0 Å². The number of aromatic nitrogens is 3. The zero-order chi connectivity index (χ0) is 14.4. The molecule has 0 amide bonds. The zero-order valence-electron chi connectivity index (χ0n) is 11.9. The van der Waals surface area contributed by atoms with Crippen LogP contribution in [0.15, 0.2) is 30.5 Å². The predicted molar refractivity (Wildman–Crippen MR) is 84.8 cm³/mol. The number of benzene rings is 1. The molecule has 0 atom stereocenters. The van der Waals surface area contributed by atoms with Crippen molar-refractivity contribution in [2.45, 2.75) is 32.6 Å². The van der Waals surface area contributed by atoms with Gasteiger partial charge in [0.15, 0.2) is 5.65 Å². The summed E-state index contributed by atoms with van der Waals surface area (Å²) in [7, 11) is 0. The van der Waals surface area contributed by atoms with E-state index in [9.17, 15) is 0 Å². The molecule has 0 fully saturated rings. The fraction of sp³-hybridized carbons (Fsp3) is 0.294. The Labute approximate surface area is 128 Å². The van der Waals surface area contributed by atoms with E-state index in [2.05, 4.69) is 4.98 Å². The molecule has 1 aliphatic rings. The Balaban J connectivity index is 1.98. The lowest BCUT2D eigenvalue weighted by Gasteiger charge is -2.15. The van der Waals surface area contributed by atoms with Crippen LogP contribution in [-0.4, -0.2) is 14.6 Å². The van der Waals surface area contributed by atoms with Gasteiger partial charge in [-0.3, -0.25) is 0 Å². The summed E-state index contributed by atoms with van der Waals surface area (Å²) < 4.78 is 2.05. The maximum atomic E-state index is 5.99. The highest BCUT2D eigenvalue weighted by molar-refractivity contribution is 6.30. The number of hydrogen-bond acceptors (Lipinski definition) is 2. The molecule has 2 aromatic heterocycles. The first-order valence-corrected chi connectivity index (χ1v) is 7.74. The van der Waals surface area contributed by atoms with E-state index >= 15 is 0 Å². The van der Waals surface area contributed by atoms with Gasteiger partial charge in [-0.1, -0.05) is 23.7 Å². The second-order valence-corrected chi connectivity index (χ2v) is 6.08. The van der Waals surface area contributed by atoms with Gasteiger partial charge in [0.05, 0.1) is 5.69 Å². The van der Waals surface area contributed by atoms with E-state index in [0.717, 1.165) is 40.3 Å². The molecule has 1 aliphatic carbocycles. The second-order valence-electron chi connectivity index (χ2n) is 5.64. The summed E-state index contributed by atoms with van der Waals surface area (Å²) in [4.78, 5) is 4.68. The molecule has 0 unspecified atom stereocenters. The van der Waals surface area contributed by atoms with Crippen LogP contribution < -0.4 is 0 Å². The van der Waals surface area contributed by atoms with E-state index in [1.165, 1.54) is 24.1 Å². The third-order valence-corrected chi connectivity index (χ3v) is 4.50. The average molecular weight is 298 g/mol. The van der Waals surface area contributed by atoms with Crippen LogP contribution in [0.2, 0.25) is 5.02 Å². The van der Waals surface area contributed by atoms with E-state index in [1.54, 1.807) is 0 Å². The van der Waals surface area contributed by atoms with Crippen molar-refractivity contribution < 1.29 is 0 Å². The topological polar surface area (TPSA) is 30.2 Å². The lowest BCUT2D eigenvalue weighted by molar-refractivity contribution is 0.639. The minimum Gasteiger partial charge on any atom is -0.236 e. The summed E-state index contributed by atoms with van der Waals surface area (Å²) in [5, 5.41) is 5.49. The molecule has 0 bridgehead atoms. The molecule has 0 saturated carbocycles. The van der Waals surface area contributed by atoms with E-state index in [1.807, 2.05) is 41.9 Å². The number of nitrogens with zero attached hydrogens (tertiary/aromatic N) is 3. The Morgan fingerprint density at radius 3 is 2.67 bits per heavy atom. The third kappa shape index (κ3) is 2.04. The Bertz CT molecular complexity index is 818. The monoisotopic (exact) mass is 297 g/mol. The molecule has 1 aromatic carbocycles. The molecule has 3 aromatic rings. The first kappa shape index (κ1) is 12.8. The van der Waals surface area contributed by atoms with E-state index in [0.29, 0.717) is 0 Å². The maximum Gasteiger partial charge on any atom is 0.163 e. The summed E-state index contributed by atoms with van der Waals surface area (Å²) >= 11 is 5.99. The summed E-state index contributed by atoms with van der Waals surface area (Å²) in [5.41, 5.74) is 6.88. The second kappa shape index (κ2) is 4.85. The molecule has 106 valence electrons. The summed E-state index contributed by atoms with van der Waals surface area (Å²) in [6.07, 6.45) is 6.74. The molecular weight excluding hydrogens is 282 g/mol. The van der Waals surface area contributed by atoms with Crippen LogP contribution in [0.25, 0.3) is 16.8 Å². The van der Waals surface area contributed by atoms with Crippen molar-refractivity contribution in [2.75, 3.05) is 0 Å². The van der Waals surface area contributed by atoms with Gasteiger partial charge in [-0.05, 0) is 55.9 Å². The number of rotatable bonds is 1. The quantitative estimate of drug-likeness (QED) is 0.672. The van der Waals surface area contributed by atoms with E-state index in [-0.39, 0.29) is 0 Å². The Morgan fingerprint density at radius 1 is 1.10 bits per heavy atom. The van der Waals surface area contributed by atoms with Gasteiger partial charge in [0.25, 0.3) is 0 Å². The van der Waals surface area contributed by atoms with Crippen molar-refractivity contribution in [3.05, 3.63) is 52.4 Å². The first-order chi connectivity index (χ1) is 10.2. The average Bonchev–Trinajstić information content (AvgIpc) is 2.85. The molecule has 0 radical (unpaired) electrons. The molecule has 2 heterocycles. The van der Waals surface area contributed by atoms with Gasteiger partial charge in [0.1, 0.15) is 0 Å². The number of fused-ring (bicyclic) bond motifs is 3. The highest BCUT2D eigenvalue weighted by Crippen LogP contribution is 2.30. The number of aryl methyl sites for hydroxylation is 3. The van der Waals surface area contributed by atoms with Crippen LogP contribution in [-0.2, 0) is 12.8 Å². The fourth-order valence-electron chi connectivity index (χ4n) is 3.21. The van der Waals surface area contributed by atoms with Crippen molar-refractivity contribution in [3.63, 3.8) is 0 Å². The van der Waals surface area contributed by atoms with Crippen molar-refractivity contribution in [3.8, 4) is 11.1 Å². The van der Waals surface area contributed by atoms with Gasteiger partial charge in [-0.2, -0.15) is 5.10 Å². The van der Waals surface area contributed by atoms with Gasteiger partial charge in [-0.25, -0.2) is 9.50 Å². The Morgan fingerprint density at radius 2 is 1.86 bits per heavy atom. The molecule has 21 heavy (non-hydrogen) atoms. The molecule has 3 nitrogen and oxygen atoms in total. The van der Waals surface area contributed by atoms with Crippen LogP contribution in [0.4, 0.5) is 0 Å². The Hall–Kier alpha value is -1.87. The predicted octanol–water partition coefficient (Wildman–Crippen LogP) is 4.24. The van der Waals surface area contributed by atoms with Gasteiger partial charge >= 0.3 is 0 Å². The van der Waals surface area contributed by atoms with Gasteiger partial charge in [-0.15, -0.1) is 0 Å². The fourth-order valence-corrected chi connectivity index (χ4v) is 3.34. The first-order valence-electron chi connectivity index (χ1n) is 7.36. The highest BCUT2D eigenvalue weighted by atomic mass is 35.5. The SMILES string of the molecule is Cc1nn2c3c(cnc2c1-c1ccc(Cl)cc1)CCCC3. The van der Waals surface area contributed by atoms with Gasteiger partial charge in [0.2, 0.25) is 0 Å². The van der Waals surface area contributed by atoms with E-state index < -0.39 is 0 Å².